The lowest BCUT2D eigenvalue weighted by atomic mass is 10.1. The van der Waals surface area contributed by atoms with E-state index in [9.17, 15) is 18.0 Å². The Balaban J connectivity index is 1.43. The normalized spacial score (nSPS) is 11.4. The number of pyridine rings is 2. The van der Waals surface area contributed by atoms with E-state index < -0.39 is 35.8 Å². The topological polar surface area (TPSA) is 151 Å². The van der Waals surface area contributed by atoms with Crippen molar-refractivity contribution < 1.29 is 27.8 Å². The average molecular weight is 551 g/mol. The number of hydrogen-bond donors (Lipinski definition) is 4. The van der Waals surface area contributed by atoms with Crippen molar-refractivity contribution in [1.29, 1.82) is 0 Å². The maximum absolute atomic E-state index is 13.4. The third-order valence-electron chi connectivity index (χ3n) is 5.73. The number of imidazole rings is 1. The quantitative estimate of drug-likeness (QED) is 0.219. The van der Waals surface area contributed by atoms with E-state index in [4.69, 9.17) is 9.84 Å². The summed E-state index contributed by atoms with van der Waals surface area (Å²) in [4.78, 5) is 37.0. The summed E-state index contributed by atoms with van der Waals surface area (Å²) < 4.78 is 45.2. The first-order chi connectivity index (χ1) is 19.2. The van der Waals surface area contributed by atoms with Gasteiger partial charge in [-0.15, -0.1) is 0 Å². The number of carbonyl (C=O) groups is 1. The van der Waals surface area contributed by atoms with Crippen LogP contribution < -0.4 is 15.4 Å². The van der Waals surface area contributed by atoms with Crippen LogP contribution in [0.25, 0.3) is 22.4 Å². The van der Waals surface area contributed by atoms with Crippen LogP contribution in [0.5, 0.6) is 5.88 Å². The smallest absolute Gasteiger partial charge is 0.416 e. The molecule has 0 radical (unpaired) electrons. The number of aromatic nitrogens is 6. The summed E-state index contributed by atoms with van der Waals surface area (Å²) in [5.74, 6) is -0.851. The summed E-state index contributed by atoms with van der Waals surface area (Å²) in [7, 11) is 0. The summed E-state index contributed by atoms with van der Waals surface area (Å²) in [6, 6.07) is 9.82. The molecule has 0 saturated carbocycles. The minimum atomic E-state index is -4.73. The van der Waals surface area contributed by atoms with Gasteiger partial charge in [0.25, 0.3) is 5.91 Å². The Kier molecular flexibility index (Phi) is 7.25. The van der Waals surface area contributed by atoms with Crippen molar-refractivity contribution in [1.82, 2.24) is 29.9 Å². The first-order valence-corrected chi connectivity index (χ1v) is 11.8. The lowest BCUT2D eigenvalue weighted by molar-refractivity contribution is -0.137. The molecule has 0 saturated heterocycles. The van der Waals surface area contributed by atoms with Gasteiger partial charge in [-0.05, 0) is 42.8 Å². The van der Waals surface area contributed by atoms with Crippen LogP contribution in [0.1, 0.15) is 21.6 Å². The molecular formula is C26H21F3N8O3. The molecule has 0 fully saturated rings. The van der Waals surface area contributed by atoms with E-state index in [0.29, 0.717) is 51.7 Å². The van der Waals surface area contributed by atoms with Crippen molar-refractivity contribution >= 4 is 34.3 Å². The lowest BCUT2D eigenvalue weighted by Crippen LogP contribution is -2.17. The molecule has 1 aromatic carbocycles. The monoisotopic (exact) mass is 550 g/mol. The van der Waals surface area contributed by atoms with Crippen LogP contribution in [0, 0.1) is 6.92 Å². The fourth-order valence-electron chi connectivity index (χ4n) is 3.82. The Hall–Kier alpha value is -5.11. The number of carbonyl (C=O) groups excluding carboxylic acids is 1. The van der Waals surface area contributed by atoms with E-state index in [1.165, 1.54) is 12.7 Å². The van der Waals surface area contributed by atoms with Crippen LogP contribution in [0.4, 0.5) is 30.4 Å². The number of aliphatic hydroxyl groups excluding tert-OH is 1. The predicted octanol–water partition coefficient (Wildman–Crippen LogP) is 4.50. The Morgan fingerprint density at radius 2 is 1.95 bits per heavy atom. The van der Waals surface area contributed by atoms with Crippen molar-refractivity contribution in [3.8, 4) is 17.1 Å². The second-order valence-electron chi connectivity index (χ2n) is 8.48. The third kappa shape index (κ3) is 5.66. The molecule has 0 atom stereocenters. The number of amides is 1. The summed E-state index contributed by atoms with van der Waals surface area (Å²) in [5.41, 5.74) is 2.40. The molecule has 14 heteroatoms. The summed E-state index contributed by atoms with van der Waals surface area (Å²) in [6.45, 7) is 1.13. The van der Waals surface area contributed by atoms with Crippen LogP contribution in [0.15, 0.2) is 61.3 Å². The fourth-order valence-corrected chi connectivity index (χ4v) is 3.82. The van der Waals surface area contributed by atoms with E-state index >= 15 is 0 Å². The minimum Gasteiger partial charge on any atom is -0.475 e. The van der Waals surface area contributed by atoms with Crippen molar-refractivity contribution in [3.05, 3.63) is 78.1 Å². The molecule has 0 aliphatic rings. The highest BCUT2D eigenvalue weighted by molar-refractivity contribution is 6.03. The van der Waals surface area contributed by atoms with Gasteiger partial charge in [-0.25, -0.2) is 24.9 Å². The van der Waals surface area contributed by atoms with Crippen LogP contribution >= 0.6 is 0 Å². The average Bonchev–Trinajstić information content (AvgIpc) is 3.43. The fraction of sp³-hybridized carbons (Fsp3) is 0.154. The number of anilines is 3. The molecule has 0 aliphatic carbocycles. The summed E-state index contributed by atoms with van der Waals surface area (Å²) in [6.07, 6.45) is -0.201. The highest BCUT2D eigenvalue weighted by Crippen LogP contribution is 2.33. The molecule has 0 bridgehead atoms. The van der Waals surface area contributed by atoms with Crippen molar-refractivity contribution in [2.24, 2.45) is 0 Å². The van der Waals surface area contributed by atoms with E-state index in [1.54, 1.807) is 30.5 Å². The number of nitrogens with zero attached hydrogens (tertiary/aromatic N) is 5. The number of alkyl halides is 3. The van der Waals surface area contributed by atoms with Gasteiger partial charge in [0.1, 0.15) is 35.7 Å². The molecule has 4 heterocycles. The summed E-state index contributed by atoms with van der Waals surface area (Å²) >= 11 is 0. The second kappa shape index (κ2) is 10.9. The number of hydrogen-bond acceptors (Lipinski definition) is 9. The first kappa shape index (κ1) is 26.5. The number of halogens is 3. The minimum absolute atomic E-state index is 0.279. The molecule has 11 nitrogen and oxygen atoms in total. The summed E-state index contributed by atoms with van der Waals surface area (Å²) in [5, 5.41) is 14.7. The van der Waals surface area contributed by atoms with Crippen LogP contribution in [0.2, 0.25) is 0 Å². The molecule has 0 spiro atoms. The van der Waals surface area contributed by atoms with Crippen LogP contribution in [-0.4, -0.2) is 54.1 Å². The Bertz CT molecular complexity index is 1690. The van der Waals surface area contributed by atoms with Gasteiger partial charge in [-0.3, -0.25) is 4.79 Å². The number of fused-ring (bicyclic) bond motifs is 1. The van der Waals surface area contributed by atoms with E-state index in [-0.39, 0.29) is 6.61 Å². The zero-order valence-corrected chi connectivity index (χ0v) is 20.8. The van der Waals surface area contributed by atoms with E-state index in [0.717, 1.165) is 5.56 Å². The molecule has 5 aromatic rings. The van der Waals surface area contributed by atoms with Crippen LogP contribution in [0.3, 0.4) is 0 Å². The number of ether oxygens (including phenoxy) is 1. The number of rotatable bonds is 8. The van der Waals surface area contributed by atoms with Crippen molar-refractivity contribution in [2.75, 3.05) is 23.8 Å². The molecule has 204 valence electrons. The number of aromatic amines is 1. The molecule has 0 unspecified atom stereocenters. The second-order valence-corrected chi connectivity index (χ2v) is 8.48. The largest absolute Gasteiger partial charge is 0.475 e. The Morgan fingerprint density at radius 3 is 2.75 bits per heavy atom. The van der Waals surface area contributed by atoms with E-state index in [1.807, 2.05) is 13.0 Å². The maximum atomic E-state index is 13.4. The van der Waals surface area contributed by atoms with Gasteiger partial charge in [0.2, 0.25) is 5.88 Å². The van der Waals surface area contributed by atoms with Gasteiger partial charge in [-0.1, -0.05) is 6.07 Å². The number of aryl methyl sites for hydroxylation is 1. The molecule has 40 heavy (non-hydrogen) atoms. The van der Waals surface area contributed by atoms with Gasteiger partial charge >= 0.3 is 6.18 Å². The molecule has 0 aliphatic heterocycles. The molecule has 4 N–H and O–H groups in total. The number of aliphatic hydroxyl groups is 1. The van der Waals surface area contributed by atoms with Gasteiger partial charge in [0.05, 0.1) is 18.5 Å². The van der Waals surface area contributed by atoms with Crippen molar-refractivity contribution in [2.45, 2.75) is 13.1 Å². The lowest BCUT2D eigenvalue weighted by Gasteiger charge is -2.15. The Morgan fingerprint density at radius 1 is 1.10 bits per heavy atom. The SMILES string of the molecule is Cc1ccc(NC(=O)c2cc(C(F)(F)F)cc(OCCO)n2)cc1Nc1ncccc1-c1ncnc2[nH]cnc12. The molecule has 5 rings (SSSR count). The number of nitrogens with one attached hydrogen (secondary N) is 3. The number of H-pyrrole nitrogens is 1. The molecule has 1 amide bonds. The van der Waals surface area contributed by atoms with Gasteiger partial charge in [0.15, 0.2) is 5.65 Å². The maximum Gasteiger partial charge on any atom is 0.416 e. The molecule has 4 aromatic heterocycles. The Labute approximate surface area is 224 Å². The highest BCUT2D eigenvalue weighted by Gasteiger charge is 2.32. The zero-order chi connectivity index (χ0) is 28.3. The molecular weight excluding hydrogens is 529 g/mol. The van der Waals surface area contributed by atoms with E-state index in [2.05, 4.69) is 40.5 Å². The van der Waals surface area contributed by atoms with Crippen LogP contribution in [-0.2, 0) is 6.18 Å². The standard InChI is InChI=1S/C26H21F3N8O3/c1-14-4-5-16(35-25(39)19-9-15(26(27,28)29)10-20(36-19)40-8-7-38)11-18(14)37-23-17(3-2-6-30-23)21-22-24(33-12-31-21)34-13-32-22/h2-6,9-13,38H,7-8H2,1H3,(H,30,37)(H,35,39)(H,31,32,33,34). The van der Waals surface area contributed by atoms with Gasteiger partial charge < -0.3 is 25.5 Å². The van der Waals surface area contributed by atoms with Gasteiger partial charge in [-0.2, -0.15) is 13.2 Å². The predicted molar refractivity (Wildman–Crippen MR) is 139 cm³/mol. The zero-order valence-electron chi connectivity index (χ0n) is 20.8. The highest BCUT2D eigenvalue weighted by atomic mass is 19.4. The van der Waals surface area contributed by atoms with Gasteiger partial charge in [0, 0.05) is 29.2 Å². The third-order valence-corrected chi connectivity index (χ3v) is 5.73. The van der Waals surface area contributed by atoms with Crippen molar-refractivity contribution in [3.63, 3.8) is 0 Å². The first-order valence-electron chi connectivity index (χ1n) is 11.8. The number of benzene rings is 1.